The summed E-state index contributed by atoms with van der Waals surface area (Å²) in [4.78, 5) is 26.3. The van der Waals surface area contributed by atoms with Crippen molar-refractivity contribution in [1.82, 2.24) is 10.2 Å². The van der Waals surface area contributed by atoms with E-state index >= 15 is 0 Å². The molecule has 0 bridgehead atoms. The molecule has 0 unspecified atom stereocenters. The van der Waals surface area contributed by atoms with Gasteiger partial charge in [0.2, 0.25) is 0 Å². The van der Waals surface area contributed by atoms with Crippen LogP contribution in [0.5, 0.6) is 5.75 Å². The second-order valence-corrected chi connectivity index (χ2v) is 7.32. The second-order valence-electron chi connectivity index (χ2n) is 7.32. The van der Waals surface area contributed by atoms with E-state index in [4.69, 9.17) is 9.15 Å². The van der Waals surface area contributed by atoms with Crippen molar-refractivity contribution in [1.29, 1.82) is 0 Å². The zero-order valence-electron chi connectivity index (χ0n) is 15.2. The third kappa shape index (κ3) is 4.51. The number of piperidine rings is 1. The maximum Gasteiger partial charge on any atom is 0.289 e. The van der Waals surface area contributed by atoms with Gasteiger partial charge in [0, 0.05) is 30.6 Å². The van der Waals surface area contributed by atoms with Gasteiger partial charge in [-0.1, -0.05) is 0 Å². The summed E-state index contributed by atoms with van der Waals surface area (Å²) in [6.07, 6.45) is 5.67. The number of amides is 2. The van der Waals surface area contributed by atoms with E-state index in [2.05, 4.69) is 5.32 Å². The molecule has 27 heavy (non-hydrogen) atoms. The van der Waals surface area contributed by atoms with Gasteiger partial charge in [0.25, 0.3) is 11.8 Å². The lowest BCUT2D eigenvalue weighted by Gasteiger charge is -2.32. The van der Waals surface area contributed by atoms with Crippen molar-refractivity contribution in [2.24, 2.45) is 5.92 Å². The maximum absolute atomic E-state index is 12.4. The van der Waals surface area contributed by atoms with Gasteiger partial charge in [-0.15, -0.1) is 0 Å². The Morgan fingerprint density at radius 1 is 1.15 bits per heavy atom. The highest BCUT2D eigenvalue weighted by Crippen LogP contribution is 2.22. The number of furan rings is 1. The van der Waals surface area contributed by atoms with E-state index in [0.29, 0.717) is 30.5 Å². The zero-order valence-corrected chi connectivity index (χ0v) is 15.2. The Labute approximate surface area is 158 Å². The molecule has 1 aromatic heterocycles. The van der Waals surface area contributed by atoms with Crippen molar-refractivity contribution in [3.8, 4) is 5.75 Å². The van der Waals surface area contributed by atoms with Crippen LogP contribution < -0.4 is 10.1 Å². The third-order valence-electron chi connectivity index (χ3n) is 5.05. The molecular weight excluding hydrogens is 344 g/mol. The molecule has 6 nitrogen and oxygen atoms in total. The first-order valence-electron chi connectivity index (χ1n) is 9.55. The lowest BCUT2D eigenvalue weighted by atomic mass is 9.98. The van der Waals surface area contributed by atoms with Gasteiger partial charge in [-0.2, -0.15) is 0 Å². The highest BCUT2D eigenvalue weighted by molar-refractivity contribution is 5.94. The zero-order chi connectivity index (χ0) is 18.6. The Kier molecular flexibility index (Phi) is 5.14. The Morgan fingerprint density at radius 2 is 1.96 bits per heavy atom. The summed E-state index contributed by atoms with van der Waals surface area (Å²) in [6.45, 7) is 1.97. The first-order chi connectivity index (χ1) is 13.2. The number of benzene rings is 1. The average Bonchev–Trinajstić information content (AvgIpc) is 3.35. The Morgan fingerprint density at radius 3 is 2.67 bits per heavy atom. The molecule has 2 aliphatic rings. The van der Waals surface area contributed by atoms with E-state index in [1.807, 2.05) is 17.0 Å². The van der Waals surface area contributed by atoms with Gasteiger partial charge in [-0.3, -0.25) is 9.59 Å². The first-order valence-corrected chi connectivity index (χ1v) is 9.55. The van der Waals surface area contributed by atoms with Crippen LogP contribution in [0.2, 0.25) is 0 Å². The van der Waals surface area contributed by atoms with Gasteiger partial charge >= 0.3 is 0 Å². The third-order valence-corrected chi connectivity index (χ3v) is 5.05. The number of nitrogens with one attached hydrogen (secondary N) is 1. The van der Waals surface area contributed by atoms with Crippen LogP contribution in [0.15, 0.2) is 47.1 Å². The summed E-state index contributed by atoms with van der Waals surface area (Å²) in [7, 11) is 0. The lowest BCUT2D eigenvalue weighted by molar-refractivity contribution is 0.0602. The smallest absolute Gasteiger partial charge is 0.289 e. The number of rotatable bonds is 6. The van der Waals surface area contributed by atoms with E-state index < -0.39 is 0 Å². The SMILES string of the molecule is O=C(NC1CC1)c1ccc(OC[C@@H]2CCCN(C(=O)c3ccco3)C2)cc1. The Balaban J connectivity index is 1.27. The van der Waals surface area contributed by atoms with Gasteiger partial charge in [0.15, 0.2) is 5.76 Å². The monoisotopic (exact) mass is 368 g/mol. The predicted octanol–water partition coefficient (Wildman–Crippen LogP) is 3.10. The maximum atomic E-state index is 12.4. The fourth-order valence-corrected chi connectivity index (χ4v) is 3.35. The van der Waals surface area contributed by atoms with Crippen LogP contribution >= 0.6 is 0 Å². The highest BCUT2D eigenvalue weighted by Gasteiger charge is 2.26. The van der Waals surface area contributed by atoms with Crippen LogP contribution in [0.4, 0.5) is 0 Å². The van der Waals surface area contributed by atoms with Crippen molar-refractivity contribution in [2.75, 3.05) is 19.7 Å². The Bertz CT molecular complexity index is 781. The molecule has 1 saturated heterocycles. The van der Waals surface area contributed by atoms with Crippen LogP contribution in [0.1, 0.15) is 46.6 Å². The first kappa shape index (κ1) is 17.6. The lowest BCUT2D eigenvalue weighted by Crippen LogP contribution is -2.41. The minimum Gasteiger partial charge on any atom is -0.493 e. The minimum atomic E-state index is -0.0595. The van der Waals surface area contributed by atoms with Crippen molar-refractivity contribution in [3.05, 3.63) is 54.0 Å². The molecule has 6 heteroatoms. The molecule has 1 aliphatic carbocycles. The van der Waals surface area contributed by atoms with Crippen LogP contribution in [0.25, 0.3) is 0 Å². The summed E-state index contributed by atoms with van der Waals surface area (Å²) in [5, 5.41) is 2.98. The molecule has 142 valence electrons. The molecule has 0 spiro atoms. The number of ether oxygens (including phenoxy) is 1. The predicted molar refractivity (Wildman–Crippen MR) is 99.8 cm³/mol. The number of likely N-dealkylation sites (tertiary alicyclic amines) is 1. The van der Waals surface area contributed by atoms with E-state index in [-0.39, 0.29) is 17.7 Å². The normalized spacial score (nSPS) is 19.6. The molecule has 0 radical (unpaired) electrons. The number of carbonyl (C=O) groups is 2. The summed E-state index contributed by atoms with van der Waals surface area (Å²) < 4.78 is 11.1. The summed E-state index contributed by atoms with van der Waals surface area (Å²) in [6, 6.07) is 11.0. The number of hydrogen-bond acceptors (Lipinski definition) is 4. The van der Waals surface area contributed by atoms with Crippen molar-refractivity contribution in [3.63, 3.8) is 0 Å². The quantitative estimate of drug-likeness (QED) is 0.850. The molecule has 1 aliphatic heterocycles. The average molecular weight is 368 g/mol. The van der Waals surface area contributed by atoms with Gasteiger partial charge in [-0.25, -0.2) is 0 Å². The summed E-state index contributed by atoms with van der Waals surface area (Å²) in [5.74, 6) is 1.33. The molecular formula is C21H24N2O4. The molecule has 2 aromatic rings. The topological polar surface area (TPSA) is 71.8 Å². The van der Waals surface area contributed by atoms with Gasteiger partial charge < -0.3 is 19.4 Å². The van der Waals surface area contributed by atoms with Gasteiger partial charge in [0.05, 0.1) is 12.9 Å². The molecule has 4 rings (SSSR count). The van der Waals surface area contributed by atoms with Crippen molar-refractivity contribution >= 4 is 11.8 Å². The number of hydrogen-bond donors (Lipinski definition) is 1. The van der Waals surface area contributed by atoms with E-state index in [1.54, 1.807) is 24.3 Å². The van der Waals surface area contributed by atoms with Crippen LogP contribution in [-0.2, 0) is 0 Å². The molecule has 1 atom stereocenters. The minimum absolute atomic E-state index is 0.0246. The molecule has 1 N–H and O–H groups in total. The van der Waals surface area contributed by atoms with E-state index in [0.717, 1.165) is 38.0 Å². The number of nitrogens with zero attached hydrogens (tertiary/aromatic N) is 1. The van der Waals surface area contributed by atoms with Crippen LogP contribution in [0, 0.1) is 5.92 Å². The fourth-order valence-electron chi connectivity index (χ4n) is 3.35. The van der Waals surface area contributed by atoms with Crippen LogP contribution in [0.3, 0.4) is 0 Å². The highest BCUT2D eigenvalue weighted by atomic mass is 16.5. The van der Waals surface area contributed by atoms with E-state index in [9.17, 15) is 9.59 Å². The molecule has 2 amide bonds. The molecule has 1 aromatic carbocycles. The Hall–Kier alpha value is -2.76. The largest absolute Gasteiger partial charge is 0.493 e. The van der Waals surface area contributed by atoms with Gasteiger partial charge in [-0.05, 0) is 62.1 Å². The van der Waals surface area contributed by atoms with Crippen molar-refractivity contribution < 1.29 is 18.7 Å². The second kappa shape index (κ2) is 7.86. The standard InChI is InChI=1S/C21H24N2O4/c24-20(22-17-7-8-17)16-5-9-18(10-6-16)27-14-15-3-1-11-23(13-15)21(25)19-4-2-12-26-19/h2,4-6,9-10,12,15,17H,1,3,7-8,11,13-14H2,(H,22,24)/t15-/m1/s1. The van der Waals surface area contributed by atoms with Gasteiger partial charge in [0.1, 0.15) is 5.75 Å². The summed E-state index contributed by atoms with van der Waals surface area (Å²) in [5.41, 5.74) is 0.655. The summed E-state index contributed by atoms with van der Waals surface area (Å²) >= 11 is 0. The molecule has 1 saturated carbocycles. The van der Waals surface area contributed by atoms with E-state index in [1.165, 1.54) is 6.26 Å². The van der Waals surface area contributed by atoms with Crippen LogP contribution in [-0.4, -0.2) is 42.5 Å². The molecule has 2 fully saturated rings. The molecule has 2 heterocycles. The fraction of sp³-hybridized carbons (Fsp3) is 0.429. The number of carbonyl (C=O) groups excluding carboxylic acids is 2. The van der Waals surface area contributed by atoms with Crippen molar-refractivity contribution in [2.45, 2.75) is 31.7 Å².